The van der Waals surface area contributed by atoms with Crippen molar-refractivity contribution in [1.29, 1.82) is 0 Å². The Hall–Kier alpha value is -2.10. The van der Waals surface area contributed by atoms with E-state index in [0.717, 1.165) is 36.1 Å². The zero-order chi connectivity index (χ0) is 15.9. The van der Waals surface area contributed by atoms with Crippen LogP contribution in [0.3, 0.4) is 0 Å². The lowest BCUT2D eigenvalue weighted by Crippen LogP contribution is -2.59. The number of rotatable bonds is 0. The van der Waals surface area contributed by atoms with E-state index in [4.69, 9.17) is 0 Å². The lowest BCUT2D eigenvalue weighted by Gasteiger charge is -2.52. The first-order valence-corrected chi connectivity index (χ1v) is 7.78. The highest BCUT2D eigenvalue weighted by Gasteiger charge is 2.46. The minimum absolute atomic E-state index is 0.0659. The predicted molar refractivity (Wildman–Crippen MR) is 87.5 cm³/mol. The van der Waals surface area contributed by atoms with Crippen LogP contribution in [0.5, 0.6) is 0 Å². The van der Waals surface area contributed by atoms with Crippen LogP contribution in [0.1, 0.15) is 38.7 Å². The van der Waals surface area contributed by atoms with Crippen molar-refractivity contribution in [3.05, 3.63) is 36.4 Å². The van der Waals surface area contributed by atoms with Gasteiger partial charge in [0.25, 0.3) is 0 Å². The van der Waals surface area contributed by atoms with Gasteiger partial charge in [0.1, 0.15) is 0 Å². The summed E-state index contributed by atoms with van der Waals surface area (Å²) >= 11 is 0. The molecule has 4 nitrogen and oxygen atoms in total. The molecule has 2 amide bonds. The topological polar surface area (TPSA) is 40.6 Å². The van der Waals surface area contributed by atoms with Gasteiger partial charge in [0.15, 0.2) is 0 Å². The van der Waals surface area contributed by atoms with Crippen molar-refractivity contribution in [2.24, 2.45) is 0 Å². The lowest BCUT2D eigenvalue weighted by molar-refractivity contribution is -0.130. The van der Waals surface area contributed by atoms with E-state index in [-0.39, 0.29) is 17.4 Å². The number of benzene rings is 1. The monoisotopic (exact) mass is 298 g/mol. The highest BCUT2D eigenvalue weighted by atomic mass is 16.2. The van der Waals surface area contributed by atoms with E-state index >= 15 is 0 Å². The molecule has 1 fully saturated rings. The van der Waals surface area contributed by atoms with Crippen molar-refractivity contribution in [3.63, 3.8) is 0 Å². The Morgan fingerprint density at radius 3 is 2.32 bits per heavy atom. The Kier molecular flexibility index (Phi) is 3.55. The quantitative estimate of drug-likeness (QED) is 0.739. The van der Waals surface area contributed by atoms with Gasteiger partial charge in [-0.3, -0.25) is 9.59 Å². The largest absolute Gasteiger partial charge is 0.343 e. The van der Waals surface area contributed by atoms with Gasteiger partial charge in [0, 0.05) is 32.5 Å². The van der Waals surface area contributed by atoms with Crippen molar-refractivity contribution in [2.45, 2.75) is 38.6 Å². The number of fused-ring (bicyclic) bond motifs is 1. The molecule has 2 heterocycles. The van der Waals surface area contributed by atoms with E-state index in [1.54, 1.807) is 13.8 Å². The number of piperidine rings is 1. The molecule has 1 saturated heterocycles. The van der Waals surface area contributed by atoms with Crippen LogP contribution in [-0.4, -0.2) is 35.3 Å². The summed E-state index contributed by atoms with van der Waals surface area (Å²) in [5, 5.41) is 0. The van der Waals surface area contributed by atoms with E-state index < -0.39 is 0 Å². The van der Waals surface area contributed by atoms with Crippen LogP contribution >= 0.6 is 0 Å². The molecular weight excluding hydrogens is 276 g/mol. The maximum Gasteiger partial charge on any atom is 0.224 e. The third kappa shape index (κ3) is 2.23. The molecule has 116 valence electrons. The number of likely N-dealkylation sites (tertiary alicyclic amines) is 1. The molecular formula is C18H22N2O2. The first-order chi connectivity index (χ1) is 10.4. The van der Waals surface area contributed by atoms with Crippen molar-refractivity contribution in [1.82, 2.24) is 4.90 Å². The summed E-state index contributed by atoms with van der Waals surface area (Å²) in [5.74, 6) is 0.176. The number of hydrogen-bond donors (Lipinski definition) is 0. The fraction of sp³-hybridized carbons (Fsp3) is 0.444. The first-order valence-electron chi connectivity index (χ1n) is 7.78. The smallest absolute Gasteiger partial charge is 0.224 e. The average molecular weight is 298 g/mol. The van der Waals surface area contributed by atoms with Gasteiger partial charge >= 0.3 is 0 Å². The first kappa shape index (κ1) is 14.8. The lowest BCUT2D eigenvalue weighted by atomic mass is 9.75. The third-order valence-corrected chi connectivity index (χ3v) is 5.00. The van der Waals surface area contributed by atoms with Crippen LogP contribution in [0, 0.1) is 0 Å². The van der Waals surface area contributed by atoms with Gasteiger partial charge < -0.3 is 9.80 Å². The van der Waals surface area contributed by atoms with Crippen molar-refractivity contribution >= 4 is 23.1 Å². The van der Waals surface area contributed by atoms with Gasteiger partial charge in [-0.05, 0) is 30.9 Å². The number of nitrogens with zero attached hydrogens (tertiary/aromatic N) is 2. The molecule has 1 aromatic rings. The number of anilines is 1. The molecule has 1 spiro atoms. The third-order valence-electron chi connectivity index (χ3n) is 5.00. The highest BCUT2D eigenvalue weighted by molar-refractivity contribution is 5.99. The molecule has 0 bridgehead atoms. The summed E-state index contributed by atoms with van der Waals surface area (Å²) in [6, 6.07) is 7.98. The fourth-order valence-corrected chi connectivity index (χ4v) is 3.94. The standard InChI is InChI=1S/C18H22N2O2/c1-13-12-18(8-10-19(11-9-18)14(2)21)20(15(3)22)17-7-5-4-6-16(13)17/h4-7H,1,8-12H2,2-3H3. The Morgan fingerprint density at radius 2 is 1.73 bits per heavy atom. The van der Waals surface area contributed by atoms with E-state index in [9.17, 15) is 9.59 Å². The maximum absolute atomic E-state index is 12.4. The second-order valence-electron chi connectivity index (χ2n) is 6.38. The maximum atomic E-state index is 12.4. The van der Waals surface area contributed by atoms with Crippen LogP contribution in [0.4, 0.5) is 5.69 Å². The number of para-hydroxylation sites is 1. The number of carbonyl (C=O) groups excluding carboxylic acids is 2. The Balaban J connectivity index is 2.00. The highest BCUT2D eigenvalue weighted by Crippen LogP contribution is 2.47. The van der Waals surface area contributed by atoms with Crippen LogP contribution < -0.4 is 4.90 Å². The number of carbonyl (C=O) groups is 2. The summed E-state index contributed by atoms with van der Waals surface area (Å²) in [6.07, 6.45) is 2.40. The van der Waals surface area contributed by atoms with Gasteiger partial charge in [-0.15, -0.1) is 0 Å². The van der Waals surface area contributed by atoms with Crippen LogP contribution in [0.2, 0.25) is 0 Å². The second-order valence-corrected chi connectivity index (χ2v) is 6.38. The van der Waals surface area contributed by atoms with Crippen molar-refractivity contribution in [3.8, 4) is 0 Å². The van der Waals surface area contributed by atoms with Crippen LogP contribution in [0.25, 0.3) is 5.57 Å². The zero-order valence-corrected chi connectivity index (χ0v) is 13.3. The van der Waals surface area contributed by atoms with Gasteiger partial charge in [-0.25, -0.2) is 0 Å². The molecule has 0 saturated carbocycles. The molecule has 2 aliphatic heterocycles. The summed E-state index contributed by atoms with van der Waals surface area (Å²) in [4.78, 5) is 27.8. The minimum atomic E-state index is -0.233. The van der Waals surface area contributed by atoms with Gasteiger partial charge in [-0.1, -0.05) is 24.8 Å². The Bertz CT molecular complexity index is 642. The van der Waals surface area contributed by atoms with Gasteiger partial charge in [-0.2, -0.15) is 0 Å². The van der Waals surface area contributed by atoms with Crippen LogP contribution in [-0.2, 0) is 9.59 Å². The summed E-state index contributed by atoms with van der Waals surface area (Å²) in [6.45, 7) is 8.88. The van der Waals surface area contributed by atoms with Gasteiger partial charge in [0.05, 0.1) is 11.2 Å². The zero-order valence-electron chi connectivity index (χ0n) is 13.3. The molecule has 0 N–H and O–H groups in total. The van der Waals surface area contributed by atoms with Crippen molar-refractivity contribution in [2.75, 3.05) is 18.0 Å². The molecule has 22 heavy (non-hydrogen) atoms. The molecule has 3 rings (SSSR count). The molecule has 4 heteroatoms. The molecule has 1 aromatic carbocycles. The average Bonchev–Trinajstić information content (AvgIpc) is 2.47. The van der Waals surface area contributed by atoms with E-state index in [2.05, 4.69) is 6.58 Å². The number of hydrogen-bond acceptors (Lipinski definition) is 2. The summed E-state index contributed by atoms with van der Waals surface area (Å²) < 4.78 is 0. The molecule has 0 unspecified atom stereocenters. The molecule has 0 aromatic heterocycles. The van der Waals surface area contributed by atoms with E-state index in [1.807, 2.05) is 34.1 Å². The summed E-state index contributed by atoms with van der Waals surface area (Å²) in [7, 11) is 0. The van der Waals surface area contributed by atoms with Gasteiger partial charge in [0.2, 0.25) is 11.8 Å². The number of amides is 2. The second kappa shape index (κ2) is 5.27. The molecule has 2 aliphatic rings. The molecule has 0 radical (unpaired) electrons. The Labute approximate surface area is 131 Å². The molecule has 0 aliphatic carbocycles. The Morgan fingerprint density at radius 1 is 1.09 bits per heavy atom. The summed E-state index contributed by atoms with van der Waals surface area (Å²) in [5.41, 5.74) is 2.88. The normalized spacial score (nSPS) is 20.0. The SMILES string of the molecule is C=C1CC2(CCN(C(C)=O)CC2)N(C(C)=O)c2ccccc21. The fourth-order valence-electron chi connectivity index (χ4n) is 3.94. The molecule has 0 atom stereocenters. The van der Waals surface area contributed by atoms with E-state index in [0.29, 0.717) is 13.1 Å². The minimum Gasteiger partial charge on any atom is -0.343 e. The van der Waals surface area contributed by atoms with Crippen LogP contribution in [0.15, 0.2) is 30.8 Å². The van der Waals surface area contributed by atoms with E-state index in [1.165, 1.54) is 0 Å². The van der Waals surface area contributed by atoms with Crippen molar-refractivity contribution < 1.29 is 9.59 Å². The predicted octanol–water partition coefficient (Wildman–Crippen LogP) is 2.84.